The van der Waals surface area contributed by atoms with Crippen molar-refractivity contribution in [3.05, 3.63) is 61.1 Å². The number of aliphatic hydroxyl groups excluding tert-OH is 1. The average Bonchev–Trinajstić information content (AvgIpc) is 3.11. The van der Waals surface area contributed by atoms with E-state index in [1.807, 2.05) is 76.4 Å². The van der Waals surface area contributed by atoms with Gasteiger partial charge in [0, 0.05) is 29.7 Å². The van der Waals surface area contributed by atoms with Crippen LogP contribution >= 0.6 is 0 Å². The van der Waals surface area contributed by atoms with Gasteiger partial charge in [0.25, 0.3) is 0 Å². The second-order valence-corrected chi connectivity index (χ2v) is 4.48. The molecule has 24 heavy (non-hydrogen) atoms. The maximum atomic E-state index is 9.09. The third-order valence-corrected chi connectivity index (χ3v) is 3.13. The molecule has 0 aliphatic carbocycles. The molecular formula is C20H27N3O. The van der Waals surface area contributed by atoms with Crippen LogP contribution in [0.3, 0.4) is 0 Å². The molecule has 0 fully saturated rings. The minimum atomic E-state index is 0.0751. The van der Waals surface area contributed by atoms with Crippen molar-refractivity contribution in [3.8, 4) is 22.4 Å². The van der Waals surface area contributed by atoms with Crippen LogP contribution in [0.2, 0.25) is 0 Å². The van der Waals surface area contributed by atoms with E-state index in [4.69, 9.17) is 5.11 Å². The van der Waals surface area contributed by atoms with Crippen molar-refractivity contribution in [2.24, 2.45) is 0 Å². The highest BCUT2D eigenvalue weighted by Crippen LogP contribution is 2.30. The van der Waals surface area contributed by atoms with Gasteiger partial charge < -0.3 is 5.11 Å². The Bertz CT molecular complexity index is 622. The first-order chi connectivity index (χ1) is 11.9. The summed E-state index contributed by atoms with van der Waals surface area (Å²) in [7, 11) is 0. The smallest absolute Gasteiger partial charge is 0.100 e. The topological polar surface area (TPSA) is 50.9 Å². The zero-order chi connectivity index (χ0) is 17.8. The van der Waals surface area contributed by atoms with Crippen molar-refractivity contribution in [3.63, 3.8) is 0 Å². The van der Waals surface area contributed by atoms with Gasteiger partial charge in [-0.05, 0) is 17.7 Å². The second-order valence-electron chi connectivity index (χ2n) is 4.48. The molecule has 2 aromatic heterocycles. The molecule has 0 unspecified atom stereocenters. The molecule has 0 aliphatic rings. The fraction of sp³-hybridized carbons (Fsp3) is 0.300. The van der Waals surface area contributed by atoms with Crippen LogP contribution in [0, 0.1) is 0 Å². The van der Waals surface area contributed by atoms with E-state index in [-0.39, 0.29) is 6.61 Å². The number of nitrogens with zero attached hydrogens (tertiary/aromatic N) is 3. The van der Waals surface area contributed by atoms with Gasteiger partial charge in [0.1, 0.15) is 5.69 Å². The van der Waals surface area contributed by atoms with E-state index in [9.17, 15) is 0 Å². The van der Waals surface area contributed by atoms with Gasteiger partial charge in [-0.3, -0.25) is 9.67 Å². The highest BCUT2D eigenvalue weighted by atomic mass is 16.3. The predicted molar refractivity (Wildman–Crippen MR) is 101 cm³/mol. The zero-order valence-corrected chi connectivity index (χ0v) is 15.0. The molecule has 1 aromatic carbocycles. The van der Waals surface area contributed by atoms with E-state index < -0.39 is 0 Å². The van der Waals surface area contributed by atoms with Gasteiger partial charge in [-0.1, -0.05) is 58.0 Å². The van der Waals surface area contributed by atoms with Crippen molar-refractivity contribution in [2.75, 3.05) is 6.61 Å². The molecule has 0 atom stereocenters. The summed E-state index contributed by atoms with van der Waals surface area (Å²) in [5.41, 5.74) is 4.11. The molecule has 3 aromatic rings. The summed E-state index contributed by atoms with van der Waals surface area (Å²) in [6.07, 6.45) is 5.51. The van der Waals surface area contributed by atoms with Crippen LogP contribution in [-0.4, -0.2) is 26.5 Å². The lowest BCUT2D eigenvalue weighted by Crippen LogP contribution is -2.02. The van der Waals surface area contributed by atoms with Crippen LogP contribution in [0.15, 0.2) is 61.1 Å². The largest absolute Gasteiger partial charge is 0.394 e. The van der Waals surface area contributed by atoms with Crippen LogP contribution in [0.4, 0.5) is 0 Å². The fourth-order valence-electron chi connectivity index (χ4n) is 2.19. The van der Waals surface area contributed by atoms with Gasteiger partial charge in [-0.25, -0.2) is 0 Å². The predicted octanol–water partition coefficient (Wildman–Crippen LogP) is 4.66. The summed E-state index contributed by atoms with van der Waals surface area (Å²) in [5.74, 6) is 0. The summed E-state index contributed by atoms with van der Waals surface area (Å²) in [5, 5.41) is 13.7. The number of hydrogen-bond donors (Lipinski definition) is 1. The summed E-state index contributed by atoms with van der Waals surface area (Å²) < 4.78 is 1.78. The molecule has 4 nitrogen and oxygen atoms in total. The molecule has 0 saturated heterocycles. The van der Waals surface area contributed by atoms with Gasteiger partial charge >= 0.3 is 0 Å². The monoisotopic (exact) mass is 325 g/mol. The number of aliphatic hydroxyl groups is 1. The quantitative estimate of drug-likeness (QED) is 0.759. The molecule has 2 heterocycles. The number of benzene rings is 1. The van der Waals surface area contributed by atoms with Crippen LogP contribution in [-0.2, 0) is 6.54 Å². The highest BCUT2D eigenvalue weighted by molar-refractivity contribution is 5.80. The number of pyridine rings is 1. The van der Waals surface area contributed by atoms with E-state index in [0.29, 0.717) is 6.54 Å². The Morgan fingerprint density at radius 3 is 2.08 bits per heavy atom. The first-order valence-corrected chi connectivity index (χ1v) is 8.52. The highest BCUT2D eigenvalue weighted by Gasteiger charge is 2.12. The molecule has 0 aliphatic heterocycles. The van der Waals surface area contributed by atoms with E-state index in [0.717, 1.165) is 22.4 Å². The van der Waals surface area contributed by atoms with Crippen LogP contribution in [0.1, 0.15) is 27.7 Å². The first kappa shape index (κ1) is 19.6. The van der Waals surface area contributed by atoms with E-state index in [1.54, 1.807) is 17.1 Å². The summed E-state index contributed by atoms with van der Waals surface area (Å²) in [6.45, 7) is 8.57. The van der Waals surface area contributed by atoms with Crippen LogP contribution in [0.5, 0.6) is 0 Å². The molecule has 4 heteroatoms. The van der Waals surface area contributed by atoms with E-state index in [1.165, 1.54) is 0 Å². The molecule has 0 spiro atoms. The van der Waals surface area contributed by atoms with Crippen molar-refractivity contribution >= 4 is 0 Å². The molecule has 0 radical (unpaired) electrons. The average molecular weight is 325 g/mol. The fourth-order valence-corrected chi connectivity index (χ4v) is 2.19. The Hall–Kier alpha value is -2.46. The molecule has 3 rings (SSSR count). The van der Waals surface area contributed by atoms with Gasteiger partial charge in [-0.2, -0.15) is 5.10 Å². The Labute approximate surface area is 144 Å². The van der Waals surface area contributed by atoms with E-state index in [2.05, 4.69) is 10.1 Å². The Morgan fingerprint density at radius 1 is 0.875 bits per heavy atom. The van der Waals surface area contributed by atoms with Gasteiger partial charge in [0.2, 0.25) is 0 Å². The molecular weight excluding hydrogens is 298 g/mol. The number of aromatic nitrogens is 3. The van der Waals surface area contributed by atoms with E-state index >= 15 is 0 Å². The Morgan fingerprint density at radius 2 is 1.50 bits per heavy atom. The molecule has 1 N–H and O–H groups in total. The molecule has 0 bridgehead atoms. The second kappa shape index (κ2) is 11.1. The number of rotatable bonds is 4. The third-order valence-electron chi connectivity index (χ3n) is 3.13. The van der Waals surface area contributed by atoms with Crippen LogP contribution < -0.4 is 0 Å². The summed E-state index contributed by atoms with van der Waals surface area (Å²) >= 11 is 0. The van der Waals surface area contributed by atoms with Gasteiger partial charge in [0.15, 0.2) is 0 Å². The van der Waals surface area contributed by atoms with Crippen molar-refractivity contribution < 1.29 is 5.11 Å². The van der Waals surface area contributed by atoms with Crippen molar-refractivity contribution in [2.45, 2.75) is 34.2 Å². The SMILES string of the molecule is CC.CC.OCCn1cc(-c2ccncc2)c(-c2ccccc2)n1. The minimum absolute atomic E-state index is 0.0751. The standard InChI is InChI=1S/C16H15N3O.2C2H6/c20-11-10-19-12-15(13-6-8-17-9-7-13)16(18-19)14-4-2-1-3-5-14;2*1-2/h1-9,12,20H,10-11H2;2*1-2H3. The summed E-state index contributed by atoms with van der Waals surface area (Å²) in [6, 6.07) is 14.0. The summed E-state index contributed by atoms with van der Waals surface area (Å²) in [4.78, 5) is 4.05. The molecule has 0 amide bonds. The number of hydrogen-bond acceptors (Lipinski definition) is 3. The normalized spacial score (nSPS) is 9.38. The van der Waals surface area contributed by atoms with Gasteiger partial charge in [0.05, 0.1) is 13.2 Å². The Balaban J connectivity index is 0.000000671. The minimum Gasteiger partial charge on any atom is -0.394 e. The Kier molecular flexibility index (Phi) is 9.09. The third kappa shape index (κ3) is 5.03. The van der Waals surface area contributed by atoms with Crippen molar-refractivity contribution in [1.82, 2.24) is 14.8 Å². The van der Waals surface area contributed by atoms with Gasteiger partial charge in [-0.15, -0.1) is 0 Å². The van der Waals surface area contributed by atoms with Crippen molar-refractivity contribution in [1.29, 1.82) is 0 Å². The lowest BCUT2D eigenvalue weighted by molar-refractivity contribution is 0.269. The molecule has 128 valence electrons. The molecule has 0 saturated carbocycles. The van der Waals surface area contributed by atoms with Crippen LogP contribution in [0.25, 0.3) is 22.4 Å². The lowest BCUT2D eigenvalue weighted by atomic mass is 10.0. The lowest BCUT2D eigenvalue weighted by Gasteiger charge is -2.01. The maximum Gasteiger partial charge on any atom is 0.100 e. The zero-order valence-electron chi connectivity index (χ0n) is 15.0. The maximum absolute atomic E-state index is 9.09. The first-order valence-electron chi connectivity index (χ1n) is 8.52.